The highest BCUT2D eigenvalue weighted by Crippen LogP contribution is 2.35. The van der Waals surface area contributed by atoms with Crippen LogP contribution in [-0.4, -0.2) is 48.5 Å². The molecule has 34 heavy (non-hydrogen) atoms. The molecule has 0 saturated heterocycles. The molecule has 2 amide bonds. The Hall–Kier alpha value is -2.58. The molecule has 0 spiro atoms. The van der Waals surface area contributed by atoms with Crippen LogP contribution in [0, 0.1) is 13.8 Å². The van der Waals surface area contributed by atoms with E-state index in [0.29, 0.717) is 46.6 Å². The van der Waals surface area contributed by atoms with Gasteiger partial charge in [-0.2, -0.15) is 0 Å². The van der Waals surface area contributed by atoms with Crippen LogP contribution in [0.1, 0.15) is 71.7 Å². The van der Waals surface area contributed by atoms with Crippen molar-refractivity contribution in [1.29, 1.82) is 0 Å². The van der Waals surface area contributed by atoms with E-state index in [2.05, 4.69) is 5.32 Å². The second-order valence-electron chi connectivity index (χ2n) is 8.10. The summed E-state index contributed by atoms with van der Waals surface area (Å²) in [5.74, 6) is -0.271. The van der Waals surface area contributed by atoms with Gasteiger partial charge in [0.15, 0.2) is 0 Å². The van der Waals surface area contributed by atoms with Gasteiger partial charge in [0.05, 0.1) is 23.2 Å². The molecule has 0 fully saturated rings. The number of nitrogens with one attached hydrogen (secondary N) is 1. The first-order chi connectivity index (χ1) is 16.1. The number of halogens is 1. The summed E-state index contributed by atoms with van der Waals surface area (Å²) in [7, 11) is 0. The first kappa shape index (κ1) is 27.7. The zero-order valence-corrected chi connectivity index (χ0v) is 22.2. The molecule has 1 heterocycles. The molecule has 0 bridgehead atoms. The van der Waals surface area contributed by atoms with Crippen molar-refractivity contribution in [3.05, 3.63) is 44.8 Å². The van der Waals surface area contributed by atoms with Gasteiger partial charge in [0.1, 0.15) is 10.8 Å². The van der Waals surface area contributed by atoms with E-state index in [-0.39, 0.29) is 29.9 Å². The fraction of sp³-hybridized carbons (Fsp3) is 0.480. The van der Waals surface area contributed by atoms with Crippen LogP contribution in [-0.2, 0) is 9.53 Å². The predicted octanol–water partition coefficient (Wildman–Crippen LogP) is 5.86. The summed E-state index contributed by atoms with van der Waals surface area (Å²) in [6.07, 6.45) is 0.349. The Morgan fingerprint density at radius 2 is 1.82 bits per heavy atom. The zero-order valence-electron chi connectivity index (χ0n) is 20.6. The van der Waals surface area contributed by atoms with Gasteiger partial charge >= 0.3 is 5.97 Å². The number of amides is 2. The molecule has 1 aromatic heterocycles. The van der Waals surface area contributed by atoms with Gasteiger partial charge in [0, 0.05) is 24.5 Å². The van der Waals surface area contributed by atoms with Crippen molar-refractivity contribution in [2.75, 3.05) is 25.0 Å². The molecule has 0 aliphatic rings. The van der Waals surface area contributed by atoms with Gasteiger partial charge in [-0.25, -0.2) is 4.79 Å². The number of carbonyl (C=O) groups excluding carboxylic acids is 3. The third kappa shape index (κ3) is 7.21. The molecule has 9 heteroatoms. The summed E-state index contributed by atoms with van der Waals surface area (Å²) in [4.78, 5) is 40.5. The second-order valence-corrected chi connectivity index (χ2v) is 9.56. The number of rotatable bonds is 11. The van der Waals surface area contributed by atoms with E-state index in [0.717, 1.165) is 22.6 Å². The van der Waals surface area contributed by atoms with Crippen LogP contribution in [0.3, 0.4) is 0 Å². The van der Waals surface area contributed by atoms with Crippen LogP contribution in [0.15, 0.2) is 18.2 Å². The minimum absolute atomic E-state index is 0.168. The van der Waals surface area contributed by atoms with E-state index in [1.807, 2.05) is 26.8 Å². The molecular weight excluding hydrogens is 476 g/mol. The van der Waals surface area contributed by atoms with Gasteiger partial charge in [-0.1, -0.05) is 11.6 Å². The number of thiophene rings is 1. The Bertz CT molecular complexity index is 1030. The first-order valence-electron chi connectivity index (χ1n) is 11.4. The van der Waals surface area contributed by atoms with E-state index in [1.54, 1.807) is 37.8 Å². The molecule has 2 aromatic rings. The first-order valence-corrected chi connectivity index (χ1v) is 12.6. The third-order valence-electron chi connectivity index (χ3n) is 5.13. The van der Waals surface area contributed by atoms with Crippen molar-refractivity contribution in [1.82, 2.24) is 4.90 Å². The van der Waals surface area contributed by atoms with E-state index in [1.165, 1.54) is 0 Å². The Balaban J connectivity index is 2.12. The fourth-order valence-corrected chi connectivity index (χ4v) is 4.76. The summed E-state index contributed by atoms with van der Waals surface area (Å²) in [6, 6.07) is 5.37. The topological polar surface area (TPSA) is 84.9 Å². The maximum absolute atomic E-state index is 13.0. The molecule has 1 N–H and O–H groups in total. The van der Waals surface area contributed by atoms with Crippen LogP contribution >= 0.6 is 22.9 Å². The van der Waals surface area contributed by atoms with Crippen molar-refractivity contribution >= 4 is 45.7 Å². The quantitative estimate of drug-likeness (QED) is 0.303. The van der Waals surface area contributed by atoms with Crippen LogP contribution in [0.5, 0.6) is 5.75 Å². The fourth-order valence-electron chi connectivity index (χ4n) is 3.36. The molecule has 0 atom stereocenters. The Kier molecular flexibility index (Phi) is 10.4. The summed E-state index contributed by atoms with van der Waals surface area (Å²) in [5.41, 5.74) is 1.67. The number of esters is 1. The van der Waals surface area contributed by atoms with E-state index >= 15 is 0 Å². The third-order valence-corrected chi connectivity index (χ3v) is 6.56. The zero-order chi connectivity index (χ0) is 25.4. The normalized spacial score (nSPS) is 10.8. The standard InChI is InChI=1S/C25H33ClN2O5S/c1-7-28(8-2)24(30)22-17(6)21(25(31)33-15(3)4)23(34-22)27-20(29)10-9-13-32-19-12-11-18(26)14-16(19)5/h11-12,14-15H,7-10,13H2,1-6H3,(H,27,29). The van der Waals surface area contributed by atoms with E-state index < -0.39 is 5.97 Å². The number of ether oxygens (including phenoxy) is 2. The van der Waals surface area contributed by atoms with Crippen LogP contribution in [0.2, 0.25) is 5.02 Å². The molecule has 186 valence electrons. The number of nitrogens with zero attached hydrogens (tertiary/aromatic N) is 1. The summed E-state index contributed by atoms with van der Waals surface area (Å²) in [6.45, 7) is 12.4. The monoisotopic (exact) mass is 508 g/mol. The van der Waals surface area contributed by atoms with Gasteiger partial charge in [-0.05, 0) is 77.3 Å². The van der Waals surface area contributed by atoms with Crippen molar-refractivity contribution in [2.24, 2.45) is 0 Å². The van der Waals surface area contributed by atoms with Crippen molar-refractivity contribution in [3.63, 3.8) is 0 Å². The Labute approximate surface area is 210 Å². The Morgan fingerprint density at radius 1 is 1.15 bits per heavy atom. The highest BCUT2D eigenvalue weighted by atomic mass is 35.5. The van der Waals surface area contributed by atoms with E-state index in [4.69, 9.17) is 21.1 Å². The van der Waals surface area contributed by atoms with Gasteiger partial charge in [-0.3, -0.25) is 9.59 Å². The molecule has 2 rings (SSSR count). The smallest absolute Gasteiger partial charge is 0.341 e. The number of anilines is 1. The lowest BCUT2D eigenvalue weighted by Gasteiger charge is -2.18. The van der Waals surface area contributed by atoms with Gasteiger partial charge in [0.25, 0.3) is 5.91 Å². The summed E-state index contributed by atoms with van der Waals surface area (Å²) in [5, 5.41) is 3.78. The van der Waals surface area contributed by atoms with Gasteiger partial charge in [0.2, 0.25) is 5.91 Å². The Morgan fingerprint density at radius 3 is 2.41 bits per heavy atom. The molecule has 0 aliphatic heterocycles. The average molecular weight is 509 g/mol. The molecule has 7 nitrogen and oxygen atoms in total. The van der Waals surface area contributed by atoms with Crippen LogP contribution < -0.4 is 10.1 Å². The van der Waals surface area contributed by atoms with Crippen molar-refractivity contribution < 1.29 is 23.9 Å². The lowest BCUT2D eigenvalue weighted by molar-refractivity contribution is -0.116. The van der Waals surface area contributed by atoms with Crippen LogP contribution in [0.25, 0.3) is 0 Å². The maximum atomic E-state index is 13.0. The number of aryl methyl sites for hydroxylation is 1. The highest BCUT2D eigenvalue weighted by molar-refractivity contribution is 7.18. The molecule has 1 aromatic carbocycles. The van der Waals surface area contributed by atoms with Crippen molar-refractivity contribution in [3.8, 4) is 5.75 Å². The van der Waals surface area contributed by atoms with Gasteiger partial charge in [-0.15, -0.1) is 11.3 Å². The SMILES string of the molecule is CCN(CC)C(=O)c1sc(NC(=O)CCCOc2ccc(Cl)cc2C)c(C(=O)OC(C)C)c1C. The second kappa shape index (κ2) is 12.8. The number of carbonyl (C=O) groups is 3. The molecule has 0 unspecified atom stereocenters. The van der Waals surface area contributed by atoms with Gasteiger partial charge < -0.3 is 19.7 Å². The van der Waals surface area contributed by atoms with Crippen molar-refractivity contribution in [2.45, 2.75) is 60.5 Å². The molecule has 0 saturated carbocycles. The number of hydrogen-bond acceptors (Lipinski definition) is 6. The lowest BCUT2D eigenvalue weighted by Crippen LogP contribution is -2.30. The lowest BCUT2D eigenvalue weighted by atomic mass is 10.1. The highest BCUT2D eigenvalue weighted by Gasteiger charge is 2.28. The van der Waals surface area contributed by atoms with E-state index in [9.17, 15) is 14.4 Å². The number of hydrogen-bond donors (Lipinski definition) is 1. The molecular formula is C25H33ClN2O5S. The summed E-state index contributed by atoms with van der Waals surface area (Å²) < 4.78 is 11.1. The maximum Gasteiger partial charge on any atom is 0.341 e. The summed E-state index contributed by atoms with van der Waals surface area (Å²) >= 11 is 7.07. The minimum Gasteiger partial charge on any atom is -0.493 e. The largest absolute Gasteiger partial charge is 0.493 e. The molecule has 0 radical (unpaired) electrons. The predicted molar refractivity (Wildman–Crippen MR) is 136 cm³/mol. The minimum atomic E-state index is -0.556. The number of benzene rings is 1. The van der Waals surface area contributed by atoms with Crippen LogP contribution in [0.4, 0.5) is 5.00 Å². The average Bonchev–Trinajstić information content (AvgIpc) is 3.08. The molecule has 0 aliphatic carbocycles.